The van der Waals surface area contributed by atoms with E-state index in [-0.39, 0.29) is 0 Å². The van der Waals surface area contributed by atoms with Gasteiger partial charge < -0.3 is 15.6 Å². The van der Waals surface area contributed by atoms with E-state index in [0.717, 1.165) is 44.5 Å². The van der Waals surface area contributed by atoms with Crippen LogP contribution in [0.3, 0.4) is 0 Å². The van der Waals surface area contributed by atoms with Gasteiger partial charge in [0.25, 0.3) is 0 Å². The Bertz CT molecular complexity index is 411. The molecule has 2 rings (SSSR count). The van der Waals surface area contributed by atoms with Crippen LogP contribution >= 0.6 is 0 Å². The van der Waals surface area contributed by atoms with E-state index in [1.165, 1.54) is 0 Å². The molecule has 0 aromatic heterocycles. The number of ether oxygens (including phenoxy) is 1. The topological polar surface area (TPSA) is 58.7 Å². The lowest BCUT2D eigenvalue weighted by atomic mass is 10.0. The molecule has 2 unspecified atom stereocenters. The summed E-state index contributed by atoms with van der Waals surface area (Å²) in [6, 6.07) is 7.50. The van der Waals surface area contributed by atoms with E-state index in [9.17, 15) is 5.11 Å². The molecule has 1 aromatic rings. The van der Waals surface area contributed by atoms with Crippen molar-refractivity contribution in [3.05, 3.63) is 29.8 Å². The van der Waals surface area contributed by atoms with Crippen molar-refractivity contribution in [2.75, 3.05) is 32.0 Å². The average molecular weight is 278 g/mol. The summed E-state index contributed by atoms with van der Waals surface area (Å²) in [6.07, 6.45) is 3.16. The summed E-state index contributed by atoms with van der Waals surface area (Å²) in [7, 11) is 0. The maximum atomic E-state index is 10.3. The molecule has 0 radical (unpaired) electrons. The van der Waals surface area contributed by atoms with E-state index in [4.69, 9.17) is 10.5 Å². The largest absolute Gasteiger partial charge is 0.399 e. The molecule has 4 nitrogen and oxygen atoms in total. The highest BCUT2D eigenvalue weighted by Crippen LogP contribution is 2.20. The highest BCUT2D eigenvalue weighted by atomic mass is 16.5. The third-order valence-electron chi connectivity index (χ3n) is 3.75. The summed E-state index contributed by atoms with van der Waals surface area (Å²) in [5.41, 5.74) is 7.35. The number of nitrogens with zero attached hydrogens (tertiary/aromatic N) is 1. The first-order chi connectivity index (χ1) is 9.69. The minimum atomic E-state index is -0.483. The minimum absolute atomic E-state index is 0.316. The van der Waals surface area contributed by atoms with Crippen molar-refractivity contribution >= 4 is 5.69 Å². The first-order valence-electron chi connectivity index (χ1n) is 7.56. The van der Waals surface area contributed by atoms with Gasteiger partial charge >= 0.3 is 0 Å². The smallest absolute Gasteiger partial charge is 0.0917 e. The number of hydrogen-bond donors (Lipinski definition) is 2. The number of β-amino-alcohol motifs (C(OH)–C–C–N with tert-alkyl or cyclic N) is 1. The van der Waals surface area contributed by atoms with E-state index in [1.807, 2.05) is 24.3 Å². The van der Waals surface area contributed by atoms with Crippen molar-refractivity contribution in [3.8, 4) is 0 Å². The zero-order chi connectivity index (χ0) is 14.4. The molecule has 0 amide bonds. The Kier molecular flexibility index (Phi) is 5.83. The SMILES string of the molecule is CCCOC1CCCN(CC(O)c2cccc(N)c2)C1. The number of aliphatic hydroxyl groups excluding tert-OH is 1. The summed E-state index contributed by atoms with van der Waals surface area (Å²) in [5.74, 6) is 0. The predicted octanol–water partition coefficient (Wildman–Crippen LogP) is 2.19. The Hall–Kier alpha value is -1.10. The molecule has 1 saturated heterocycles. The Labute approximate surface area is 121 Å². The van der Waals surface area contributed by atoms with Crippen molar-refractivity contribution in [1.29, 1.82) is 0 Å². The van der Waals surface area contributed by atoms with Crippen LogP contribution in [0.2, 0.25) is 0 Å². The van der Waals surface area contributed by atoms with Gasteiger partial charge in [0.15, 0.2) is 0 Å². The molecule has 1 aromatic carbocycles. The summed E-state index contributed by atoms with van der Waals surface area (Å²) in [6.45, 7) is 5.56. The molecule has 0 saturated carbocycles. The second-order valence-corrected chi connectivity index (χ2v) is 5.58. The molecular formula is C16H26N2O2. The van der Waals surface area contributed by atoms with Crippen LogP contribution in [-0.4, -0.2) is 42.4 Å². The van der Waals surface area contributed by atoms with Gasteiger partial charge in [-0.1, -0.05) is 19.1 Å². The Morgan fingerprint density at radius 2 is 2.35 bits per heavy atom. The lowest BCUT2D eigenvalue weighted by molar-refractivity contribution is -0.0119. The number of anilines is 1. The first kappa shape index (κ1) is 15.3. The summed E-state index contributed by atoms with van der Waals surface area (Å²) in [4.78, 5) is 2.29. The van der Waals surface area contributed by atoms with Crippen molar-refractivity contribution in [1.82, 2.24) is 4.90 Å². The zero-order valence-electron chi connectivity index (χ0n) is 12.3. The molecule has 1 heterocycles. The van der Waals surface area contributed by atoms with Crippen molar-refractivity contribution in [3.63, 3.8) is 0 Å². The van der Waals surface area contributed by atoms with Crippen molar-refractivity contribution in [2.45, 2.75) is 38.4 Å². The fourth-order valence-electron chi connectivity index (χ4n) is 2.72. The van der Waals surface area contributed by atoms with Crippen LogP contribution in [0.15, 0.2) is 24.3 Å². The molecule has 1 aliphatic heterocycles. The normalized spacial score (nSPS) is 21.8. The molecule has 2 atom stereocenters. The highest BCUT2D eigenvalue weighted by Gasteiger charge is 2.22. The van der Waals surface area contributed by atoms with Gasteiger partial charge in [0.2, 0.25) is 0 Å². The molecule has 1 aliphatic rings. The van der Waals surface area contributed by atoms with Gasteiger partial charge in [0, 0.05) is 25.4 Å². The third-order valence-corrected chi connectivity index (χ3v) is 3.75. The van der Waals surface area contributed by atoms with Crippen LogP contribution in [0, 0.1) is 0 Å². The Morgan fingerprint density at radius 3 is 3.10 bits per heavy atom. The number of nitrogen functional groups attached to an aromatic ring is 1. The maximum Gasteiger partial charge on any atom is 0.0917 e. The second kappa shape index (κ2) is 7.62. The molecule has 0 spiro atoms. The first-order valence-corrected chi connectivity index (χ1v) is 7.56. The van der Waals surface area contributed by atoms with Gasteiger partial charge in [-0.25, -0.2) is 0 Å². The number of benzene rings is 1. The van der Waals surface area contributed by atoms with Crippen LogP contribution in [0.25, 0.3) is 0 Å². The molecule has 3 N–H and O–H groups in total. The number of likely N-dealkylation sites (tertiary alicyclic amines) is 1. The lowest BCUT2D eigenvalue weighted by Gasteiger charge is -2.33. The van der Waals surface area contributed by atoms with Crippen LogP contribution in [-0.2, 0) is 4.74 Å². The number of piperidine rings is 1. The summed E-state index contributed by atoms with van der Waals surface area (Å²) < 4.78 is 5.83. The van der Waals surface area contributed by atoms with Gasteiger partial charge in [-0.3, -0.25) is 4.90 Å². The Morgan fingerprint density at radius 1 is 1.50 bits per heavy atom. The lowest BCUT2D eigenvalue weighted by Crippen LogP contribution is -2.41. The van der Waals surface area contributed by atoms with Crippen LogP contribution in [0.5, 0.6) is 0 Å². The number of hydrogen-bond acceptors (Lipinski definition) is 4. The van der Waals surface area contributed by atoms with Crippen LogP contribution < -0.4 is 5.73 Å². The predicted molar refractivity (Wildman–Crippen MR) is 81.5 cm³/mol. The van der Waals surface area contributed by atoms with Gasteiger partial charge in [0.05, 0.1) is 12.2 Å². The molecular weight excluding hydrogens is 252 g/mol. The minimum Gasteiger partial charge on any atom is -0.399 e. The zero-order valence-corrected chi connectivity index (χ0v) is 12.3. The fourth-order valence-corrected chi connectivity index (χ4v) is 2.72. The molecule has 4 heteroatoms. The third kappa shape index (κ3) is 4.47. The Balaban J connectivity index is 1.85. The molecule has 0 aliphatic carbocycles. The van der Waals surface area contributed by atoms with Gasteiger partial charge in [-0.05, 0) is 43.5 Å². The quantitative estimate of drug-likeness (QED) is 0.783. The van der Waals surface area contributed by atoms with Crippen LogP contribution in [0.4, 0.5) is 5.69 Å². The van der Waals surface area contributed by atoms with E-state index in [1.54, 1.807) is 0 Å². The highest BCUT2D eigenvalue weighted by molar-refractivity contribution is 5.41. The summed E-state index contributed by atoms with van der Waals surface area (Å²) in [5, 5.41) is 10.3. The monoisotopic (exact) mass is 278 g/mol. The van der Waals surface area contributed by atoms with E-state index >= 15 is 0 Å². The molecule has 20 heavy (non-hydrogen) atoms. The molecule has 112 valence electrons. The van der Waals surface area contributed by atoms with E-state index < -0.39 is 6.10 Å². The number of rotatable bonds is 6. The van der Waals surface area contributed by atoms with Gasteiger partial charge in [0.1, 0.15) is 0 Å². The summed E-state index contributed by atoms with van der Waals surface area (Å²) >= 11 is 0. The fraction of sp³-hybridized carbons (Fsp3) is 0.625. The van der Waals surface area contributed by atoms with Gasteiger partial charge in [-0.15, -0.1) is 0 Å². The molecule has 0 bridgehead atoms. The second-order valence-electron chi connectivity index (χ2n) is 5.58. The van der Waals surface area contributed by atoms with Crippen molar-refractivity contribution < 1.29 is 9.84 Å². The number of nitrogens with two attached hydrogens (primary N) is 1. The number of aliphatic hydroxyl groups is 1. The van der Waals surface area contributed by atoms with Crippen molar-refractivity contribution in [2.24, 2.45) is 0 Å². The van der Waals surface area contributed by atoms with E-state index in [0.29, 0.717) is 18.3 Å². The average Bonchev–Trinajstić information content (AvgIpc) is 2.45. The van der Waals surface area contributed by atoms with Crippen LogP contribution in [0.1, 0.15) is 37.9 Å². The molecule has 1 fully saturated rings. The van der Waals surface area contributed by atoms with Gasteiger partial charge in [-0.2, -0.15) is 0 Å². The maximum absolute atomic E-state index is 10.3. The standard InChI is InChI=1S/C16H26N2O2/c1-2-9-20-15-7-4-8-18(11-15)12-16(19)13-5-3-6-14(17)10-13/h3,5-6,10,15-16,19H,2,4,7-9,11-12,17H2,1H3. The van der Waals surface area contributed by atoms with E-state index in [2.05, 4.69) is 11.8 Å².